The van der Waals surface area contributed by atoms with Crippen LogP contribution in [0.25, 0.3) is 0 Å². The number of rotatable bonds is 9. The van der Waals surface area contributed by atoms with E-state index in [4.69, 9.17) is 14.2 Å². The molecule has 0 heterocycles. The third-order valence-electron chi connectivity index (χ3n) is 3.95. The summed E-state index contributed by atoms with van der Waals surface area (Å²) in [6, 6.07) is 0. The van der Waals surface area contributed by atoms with Gasteiger partial charge in [-0.3, -0.25) is 4.79 Å². The van der Waals surface area contributed by atoms with Gasteiger partial charge in [0.1, 0.15) is 5.54 Å². The highest BCUT2D eigenvalue weighted by Crippen LogP contribution is 2.38. The second-order valence-electron chi connectivity index (χ2n) is 4.92. The molecule has 0 aromatic rings. The molecular weight excluding hydrogens is 246 g/mol. The maximum atomic E-state index is 12.2. The molecule has 0 radical (unpaired) electrons. The third-order valence-corrected chi connectivity index (χ3v) is 3.95. The predicted octanol–water partition coefficient (Wildman–Crippen LogP) is 1.36. The Balaban J connectivity index is 2.48. The van der Waals surface area contributed by atoms with Crippen LogP contribution in [0.5, 0.6) is 0 Å². The summed E-state index contributed by atoms with van der Waals surface area (Å²) in [6.45, 7) is 4.16. The van der Waals surface area contributed by atoms with Gasteiger partial charge in [-0.25, -0.2) is 0 Å². The smallest absolute Gasteiger partial charge is 0.326 e. The van der Waals surface area contributed by atoms with Crippen LogP contribution in [-0.4, -0.2) is 52.1 Å². The average Bonchev–Trinajstić information content (AvgIpc) is 2.83. The van der Waals surface area contributed by atoms with Crippen molar-refractivity contribution >= 4 is 5.97 Å². The monoisotopic (exact) mass is 273 g/mol. The highest BCUT2D eigenvalue weighted by molar-refractivity contribution is 5.81. The van der Waals surface area contributed by atoms with Gasteiger partial charge in [-0.2, -0.15) is 0 Å². The van der Waals surface area contributed by atoms with Crippen LogP contribution in [0.4, 0.5) is 0 Å². The molecule has 0 saturated heterocycles. The van der Waals surface area contributed by atoms with Gasteiger partial charge in [0.15, 0.2) is 0 Å². The van der Waals surface area contributed by atoms with Crippen molar-refractivity contribution in [3.8, 4) is 0 Å². The molecule has 0 amide bonds. The van der Waals surface area contributed by atoms with Crippen molar-refractivity contribution in [2.24, 2.45) is 5.92 Å². The van der Waals surface area contributed by atoms with Gasteiger partial charge >= 0.3 is 5.97 Å². The Morgan fingerprint density at radius 1 is 1.37 bits per heavy atom. The first-order chi connectivity index (χ1) is 9.21. The van der Waals surface area contributed by atoms with Crippen LogP contribution in [-0.2, 0) is 19.0 Å². The SMILES string of the molecule is CCOC(=O)C1(NC)CCCC1CCOCCOC. The van der Waals surface area contributed by atoms with E-state index < -0.39 is 5.54 Å². The number of hydrogen-bond donors (Lipinski definition) is 1. The van der Waals surface area contributed by atoms with Crippen LogP contribution >= 0.6 is 0 Å². The van der Waals surface area contributed by atoms with Gasteiger partial charge in [0.05, 0.1) is 19.8 Å². The molecule has 1 aliphatic carbocycles. The van der Waals surface area contributed by atoms with E-state index in [0.29, 0.717) is 32.3 Å². The normalized spacial score (nSPS) is 26.6. The van der Waals surface area contributed by atoms with Crippen LogP contribution in [0.1, 0.15) is 32.6 Å². The average molecular weight is 273 g/mol. The Kier molecular flexibility index (Phi) is 7.34. The Bertz CT molecular complexity index is 272. The highest BCUT2D eigenvalue weighted by Gasteiger charge is 2.48. The number of carbonyl (C=O) groups excluding carboxylic acids is 1. The summed E-state index contributed by atoms with van der Waals surface area (Å²) < 4.78 is 15.7. The molecule has 19 heavy (non-hydrogen) atoms. The lowest BCUT2D eigenvalue weighted by Crippen LogP contribution is -2.54. The van der Waals surface area contributed by atoms with Crippen molar-refractivity contribution in [2.75, 3.05) is 40.6 Å². The standard InChI is InChI=1S/C14H27NO4/c1-4-19-13(16)14(15-2)8-5-6-12(14)7-9-18-11-10-17-3/h12,15H,4-11H2,1-3H3. The van der Waals surface area contributed by atoms with Crippen LogP contribution in [0, 0.1) is 5.92 Å². The zero-order valence-corrected chi connectivity index (χ0v) is 12.4. The van der Waals surface area contributed by atoms with Crippen molar-refractivity contribution in [1.82, 2.24) is 5.32 Å². The first-order valence-corrected chi connectivity index (χ1v) is 7.14. The molecule has 1 rings (SSSR count). The maximum Gasteiger partial charge on any atom is 0.326 e. The number of ether oxygens (including phenoxy) is 3. The van der Waals surface area contributed by atoms with Gasteiger partial charge in [0.2, 0.25) is 0 Å². The lowest BCUT2D eigenvalue weighted by atomic mass is 9.85. The first-order valence-electron chi connectivity index (χ1n) is 7.14. The van der Waals surface area contributed by atoms with E-state index in [1.54, 1.807) is 7.11 Å². The summed E-state index contributed by atoms with van der Waals surface area (Å²) in [5, 5.41) is 3.21. The van der Waals surface area contributed by atoms with Crippen LogP contribution in [0.15, 0.2) is 0 Å². The lowest BCUT2D eigenvalue weighted by molar-refractivity contribution is -0.153. The second kappa shape index (κ2) is 8.51. The molecule has 0 spiro atoms. The molecule has 0 aromatic carbocycles. The van der Waals surface area contributed by atoms with Crippen molar-refractivity contribution in [3.63, 3.8) is 0 Å². The Labute approximate surface area is 116 Å². The number of carbonyl (C=O) groups is 1. The molecule has 2 unspecified atom stereocenters. The predicted molar refractivity (Wildman–Crippen MR) is 73.1 cm³/mol. The Hall–Kier alpha value is -0.650. The van der Waals surface area contributed by atoms with Gasteiger partial charge in [0.25, 0.3) is 0 Å². The first kappa shape index (κ1) is 16.4. The van der Waals surface area contributed by atoms with E-state index in [1.165, 1.54) is 0 Å². The number of hydrogen-bond acceptors (Lipinski definition) is 5. The quantitative estimate of drug-likeness (QED) is 0.508. The van der Waals surface area contributed by atoms with Gasteiger partial charge in [0, 0.05) is 13.7 Å². The summed E-state index contributed by atoms with van der Waals surface area (Å²) in [6.07, 6.45) is 3.84. The molecule has 2 atom stereocenters. The molecule has 1 fully saturated rings. The van der Waals surface area contributed by atoms with Gasteiger partial charge in [-0.05, 0) is 39.2 Å². The van der Waals surface area contributed by atoms with E-state index in [9.17, 15) is 4.79 Å². The molecule has 5 heteroatoms. The van der Waals surface area contributed by atoms with E-state index in [0.717, 1.165) is 25.7 Å². The molecule has 5 nitrogen and oxygen atoms in total. The summed E-state index contributed by atoms with van der Waals surface area (Å²) in [5.41, 5.74) is -0.513. The zero-order chi connectivity index (χ0) is 14.1. The van der Waals surface area contributed by atoms with Crippen LogP contribution < -0.4 is 5.32 Å². The Morgan fingerprint density at radius 2 is 2.16 bits per heavy atom. The number of methoxy groups -OCH3 is 1. The van der Waals surface area contributed by atoms with Gasteiger partial charge in [-0.1, -0.05) is 6.42 Å². The van der Waals surface area contributed by atoms with E-state index in [-0.39, 0.29) is 5.97 Å². The second-order valence-corrected chi connectivity index (χ2v) is 4.92. The molecule has 0 aliphatic heterocycles. The minimum atomic E-state index is -0.513. The summed E-state index contributed by atoms with van der Waals surface area (Å²) in [7, 11) is 3.51. The van der Waals surface area contributed by atoms with Gasteiger partial charge in [-0.15, -0.1) is 0 Å². The molecule has 1 N–H and O–H groups in total. The minimum Gasteiger partial charge on any atom is -0.465 e. The Morgan fingerprint density at radius 3 is 2.79 bits per heavy atom. The highest BCUT2D eigenvalue weighted by atomic mass is 16.5. The number of likely N-dealkylation sites (N-methyl/N-ethyl adjacent to an activating group) is 1. The molecule has 0 bridgehead atoms. The van der Waals surface area contributed by atoms with Crippen LogP contribution in [0.3, 0.4) is 0 Å². The summed E-state index contributed by atoms with van der Waals surface area (Å²) >= 11 is 0. The van der Waals surface area contributed by atoms with Gasteiger partial charge < -0.3 is 19.5 Å². The van der Waals surface area contributed by atoms with Crippen molar-refractivity contribution in [2.45, 2.75) is 38.1 Å². The van der Waals surface area contributed by atoms with E-state index in [1.807, 2.05) is 14.0 Å². The fourth-order valence-electron chi connectivity index (χ4n) is 2.90. The molecular formula is C14H27NO4. The fourth-order valence-corrected chi connectivity index (χ4v) is 2.90. The maximum absolute atomic E-state index is 12.2. The topological polar surface area (TPSA) is 56.8 Å². The van der Waals surface area contributed by atoms with E-state index >= 15 is 0 Å². The summed E-state index contributed by atoms with van der Waals surface area (Å²) in [5.74, 6) is 0.177. The molecule has 112 valence electrons. The third kappa shape index (κ3) is 4.16. The molecule has 0 aromatic heterocycles. The number of esters is 1. The minimum absolute atomic E-state index is 0.114. The van der Waals surface area contributed by atoms with Crippen molar-refractivity contribution in [1.29, 1.82) is 0 Å². The fraction of sp³-hybridized carbons (Fsp3) is 0.929. The summed E-state index contributed by atoms with van der Waals surface area (Å²) in [4.78, 5) is 12.2. The van der Waals surface area contributed by atoms with Crippen molar-refractivity contribution in [3.05, 3.63) is 0 Å². The number of nitrogens with one attached hydrogen (secondary N) is 1. The van der Waals surface area contributed by atoms with Crippen molar-refractivity contribution < 1.29 is 19.0 Å². The largest absolute Gasteiger partial charge is 0.465 e. The van der Waals surface area contributed by atoms with E-state index in [2.05, 4.69) is 5.32 Å². The lowest BCUT2D eigenvalue weighted by Gasteiger charge is -2.32. The van der Waals surface area contributed by atoms with Crippen LogP contribution in [0.2, 0.25) is 0 Å². The molecule has 1 saturated carbocycles. The molecule has 1 aliphatic rings. The zero-order valence-electron chi connectivity index (χ0n) is 12.4.